The van der Waals surface area contributed by atoms with Crippen LogP contribution < -0.4 is 5.69 Å². The van der Waals surface area contributed by atoms with Gasteiger partial charge in [0.2, 0.25) is 5.78 Å². The van der Waals surface area contributed by atoms with Gasteiger partial charge in [0, 0.05) is 25.5 Å². The molecule has 0 spiro atoms. The van der Waals surface area contributed by atoms with Crippen LogP contribution in [0.3, 0.4) is 0 Å². The van der Waals surface area contributed by atoms with E-state index in [9.17, 15) is 20.1 Å². The Labute approximate surface area is 174 Å². The fourth-order valence-corrected chi connectivity index (χ4v) is 3.36. The van der Waals surface area contributed by atoms with Crippen LogP contribution in [-0.4, -0.2) is 83.5 Å². The van der Waals surface area contributed by atoms with Crippen molar-refractivity contribution in [2.24, 2.45) is 4.99 Å². The van der Waals surface area contributed by atoms with Crippen molar-refractivity contribution in [1.82, 2.24) is 23.8 Å². The van der Waals surface area contributed by atoms with E-state index in [0.717, 1.165) is 38.8 Å². The number of aliphatic hydroxyl groups excluding tert-OH is 3. The van der Waals surface area contributed by atoms with Gasteiger partial charge in [-0.1, -0.05) is 26.7 Å². The number of hydrogen-bond acceptors (Lipinski definition) is 8. The second kappa shape index (κ2) is 10.1. The normalized spacial score (nSPS) is 24.3. The molecule has 1 saturated heterocycles. The minimum atomic E-state index is -1.28. The van der Waals surface area contributed by atoms with Gasteiger partial charge in [-0.3, -0.25) is 4.57 Å². The van der Waals surface area contributed by atoms with Crippen molar-refractivity contribution in [3.8, 4) is 0 Å². The Morgan fingerprint density at radius 2 is 1.87 bits per heavy atom. The van der Waals surface area contributed by atoms with Crippen molar-refractivity contribution in [2.75, 3.05) is 19.7 Å². The average molecular weight is 422 g/mol. The van der Waals surface area contributed by atoms with Gasteiger partial charge >= 0.3 is 5.69 Å². The summed E-state index contributed by atoms with van der Waals surface area (Å²) in [5, 5.41) is 29.6. The number of fused-ring (bicyclic) bond motifs is 1. The third-order valence-electron chi connectivity index (χ3n) is 5.15. The standard InChI is InChI=1S/C19H30N6O5/c1-3-5-7-23(8-6-4-2)12-20-17-21-18-24(9-10-25(18)19(29)22-17)16-15(28)14(27)13(11-26)30-16/h9-10,12-16,26-28H,3-8,11H2,1-2H3/b20-12+/t13-,14+,15?,16-/m1/s1. The molecule has 0 bridgehead atoms. The molecule has 11 nitrogen and oxygen atoms in total. The smallest absolute Gasteiger partial charge is 0.357 e. The van der Waals surface area contributed by atoms with Crippen LogP contribution in [0.15, 0.2) is 22.2 Å². The van der Waals surface area contributed by atoms with Gasteiger partial charge in [-0.25, -0.2) is 14.2 Å². The Hall–Kier alpha value is -2.34. The summed E-state index contributed by atoms with van der Waals surface area (Å²) in [7, 11) is 0. The highest BCUT2D eigenvalue weighted by Crippen LogP contribution is 2.30. The van der Waals surface area contributed by atoms with Gasteiger partial charge in [0.15, 0.2) is 6.23 Å². The Morgan fingerprint density at radius 3 is 2.47 bits per heavy atom. The molecule has 0 radical (unpaired) electrons. The molecule has 1 unspecified atom stereocenters. The topological polar surface area (TPSA) is 138 Å². The minimum absolute atomic E-state index is 0.00434. The summed E-state index contributed by atoms with van der Waals surface area (Å²) in [5.74, 6) is 0.176. The first kappa shape index (κ1) is 22.3. The van der Waals surface area contributed by atoms with E-state index in [1.165, 1.54) is 21.4 Å². The monoisotopic (exact) mass is 422 g/mol. The van der Waals surface area contributed by atoms with Crippen LogP contribution in [0.2, 0.25) is 0 Å². The number of unbranched alkanes of at least 4 members (excludes halogenated alkanes) is 2. The molecule has 11 heteroatoms. The summed E-state index contributed by atoms with van der Waals surface area (Å²) in [6.45, 7) is 5.53. The fraction of sp³-hybridized carbons (Fsp3) is 0.684. The van der Waals surface area contributed by atoms with Crippen molar-refractivity contribution in [1.29, 1.82) is 0 Å². The number of hydrogen-bond donors (Lipinski definition) is 3. The molecule has 0 amide bonds. The number of aliphatic imine (C=N–C) groups is 1. The Morgan fingerprint density at radius 1 is 1.17 bits per heavy atom. The third kappa shape index (κ3) is 4.69. The SMILES string of the molecule is CCCCN(/C=N/c1nc(=O)n2ccn([C@@H]3O[C@H](CO)[C@H](O)C3O)c2n1)CCCC. The van der Waals surface area contributed by atoms with Gasteiger partial charge in [0.05, 0.1) is 12.9 Å². The summed E-state index contributed by atoms with van der Waals surface area (Å²) >= 11 is 0. The molecular weight excluding hydrogens is 392 g/mol. The maximum absolute atomic E-state index is 12.4. The van der Waals surface area contributed by atoms with Crippen LogP contribution in [0.5, 0.6) is 0 Å². The number of aliphatic hydroxyl groups is 3. The maximum atomic E-state index is 12.4. The Kier molecular flexibility index (Phi) is 7.53. The molecule has 166 valence electrons. The van der Waals surface area contributed by atoms with E-state index in [1.54, 1.807) is 6.34 Å². The lowest BCUT2D eigenvalue weighted by Gasteiger charge is -2.18. The van der Waals surface area contributed by atoms with E-state index in [1.807, 2.05) is 0 Å². The zero-order valence-corrected chi connectivity index (χ0v) is 17.3. The molecule has 1 aliphatic rings. The largest absolute Gasteiger partial charge is 0.394 e. The average Bonchev–Trinajstić information content (AvgIpc) is 3.29. The van der Waals surface area contributed by atoms with E-state index in [4.69, 9.17) is 4.74 Å². The van der Waals surface area contributed by atoms with E-state index in [2.05, 4.69) is 33.7 Å². The van der Waals surface area contributed by atoms with Crippen LogP contribution in [0.1, 0.15) is 45.8 Å². The highest BCUT2D eigenvalue weighted by atomic mass is 16.6. The van der Waals surface area contributed by atoms with Crippen LogP contribution >= 0.6 is 0 Å². The van der Waals surface area contributed by atoms with Crippen LogP contribution in [-0.2, 0) is 4.74 Å². The van der Waals surface area contributed by atoms with Crippen molar-refractivity contribution in [2.45, 2.75) is 64.1 Å². The molecule has 3 heterocycles. The predicted octanol–water partition coefficient (Wildman–Crippen LogP) is 0.0645. The summed E-state index contributed by atoms with van der Waals surface area (Å²) in [6, 6.07) is 0. The summed E-state index contributed by atoms with van der Waals surface area (Å²) in [4.78, 5) is 27.0. The quantitative estimate of drug-likeness (QED) is 0.361. The first-order valence-corrected chi connectivity index (χ1v) is 10.4. The molecule has 0 aliphatic carbocycles. The third-order valence-corrected chi connectivity index (χ3v) is 5.15. The Bertz CT molecular complexity index is 904. The van der Waals surface area contributed by atoms with Gasteiger partial charge in [0.25, 0.3) is 5.95 Å². The van der Waals surface area contributed by atoms with Gasteiger partial charge in [0.1, 0.15) is 18.3 Å². The molecule has 0 aromatic carbocycles. The zero-order valence-electron chi connectivity index (χ0n) is 17.3. The first-order chi connectivity index (χ1) is 14.5. The molecular formula is C19H30N6O5. The number of ether oxygens (including phenoxy) is 1. The van der Waals surface area contributed by atoms with Gasteiger partial charge < -0.3 is 25.0 Å². The number of nitrogens with zero attached hydrogens (tertiary/aromatic N) is 6. The fourth-order valence-electron chi connectivity index (χ4n) is 3.36. The van der Waals surface area contributed by atoms with Crippen molar-refractivity contribution in [3.05, 3.63) is 22.9 Å². The first-order valence-electron chi connectivity index (χ1n) is 10.4. The molecule has 0 saturated carbocycles. The second-order valence-electron chi connectivity index (χ2n) is 7.40. The maximum Gasteiger partial charge on any atom is 0.357 e. The molecule has 30 heavy (non-hydrogen) atoms. The van der Waals surface area contributed by atoms with Crippen LogP contribution in [0.25, 0.3) is 5.78 Å². The van der Waals surface area contributed by atoms with E-state index < -0.39 is 36.8 Å². The highest BCUT2D eigenvalue weighted by molar-refractivity contribution is 5.59. The summed E-state index contributed by atoms with van der Waals surface area (Å²) < 4.78 is 8.18. The molecule has 1 aliphatic heterocycles. The molecule has 3 rings (SSSR count). The van der Waals surface area contributed by atoms with E-state index in [0.29, 0.717) is 0 Å². The lowest BCUT2D eigenvalue weighted by Crippen LogP contribution is -2.33. The summed E-state index contributed by atoms with van der Waals surface area (Å²) in [6.07, 6.45) is 4.37. The predicted molar refractivity (Wildman–Crippen MR) is 110 cm³/mol. The molecule has 1 fully saturated rings. The number of aromatic nitrogens is 4. The summed E-state index contributed by atoms with van der Waals surface area (Å²) in [5.41, 5.74) is -0.564. The lowest BCUT2D eigenvalue weighted by atomic mass is 10.1. The molecule has 2 aromatic heterocycles. The van der Waals surface area contributed by atoms with Gasteiger partial charge in [-0.05, 0) is 12.8 Å². The van der Waals surface area contributed by atoms with Crippen molar-refractivity contribution >= 4 is 18.1 Å². The molecule has 3 N–H and O–H groups in total. The second-order valence-corrected chi connectivity index (χ2v) is 7.40. The van der Waals surface area contributed by atoms with Crippen molar-refractivity contribution in [3.63, 3.8) is 0 Å². The van der Waals surface area contributed by atoms with E-state index >= 15 is 0 Å². The van der Waals surface area contributed by atoms with E-state index in [-0.39, 0.29) is 11.7 Å². The van der Waals surface area contributed by atoms with Crippen LogP contribution in [0, 0.1) is 0 Å². The molecule has 4 atom stereocenters. The lowest BCUT2D eigenvalue weighted by molar-refractivity contribution is -0.0510. The number of rotatable bonds is 10. The zero-order chi connectivity index (χ0) is 21.7. The van der Waals surface area contributed by atoms with Crippen molar-refractivity contribution < 1.29 is 20.1 Å². The van der Waals surface area contributed by atoms with Crippen LogP contribution in [0.4, 0.5) is 5.95 Å². The number of imidazole rings is 1. The molecule has 2 aromatic rings. The van der Waals surface area contributed by atoms with Gasteiger partial charge in [-0.2, -0.15) is 9.97 Å². The minimum Gasteiger partial charge on any atom is -0.394 e. The Balaban J connectivity index is 1.89. The highest BCUT2D eigenvalue weighted by Gasteiger charge is 2.43. The van der Waals surface area contributed by atoms with Gasteiger partial charge in [-0.15, -0.1) is 0 Å².